The van der Waals surface area contributed by atoms with Crippen LogP contribution in [-0.2, 0) is 4.79 Å². The van der Waals surface area contributed by atoms with E-state index in [0.29, 0.717) is 11.3 Å². The van der Waals surface area contributed by atoms with Crippen LogP contribution < -0.4 is 11.1 Å². The van der Waals surface area contributed by atoms with Gasteiger partial charge in [0.15, 0.2) is 0 Å². The van der Waals surface area contributed by atoms with Gasteiger partial charge < -0.3 is 11.1 Å². The number of hydrogen-bond donors (Lipinski definition) is 2. The molecule has 0 saturated carbocycles. The summed E-state index contributed by atoms with van der Waals surface area (Å²) in [7, 11) is 0. The zero-order valence-corrected chi connectivity index (χ0v) is 11.2. The van der Waals surface area contributed by atoms with Crippen LogP contribution >= 0.6 is 0 Å². The van der Waals surface area contributed by atoms with E-state index in [9.17, 15) is 14.9 Å². The molecule has 3 N–H and O–H groups in total. The molecule has 0 aliphatic carbocycles. The molecule has 1 atom stereocenters. The number of carbonyl (C=O) groups excluding carboxylic acids is 1. The quantitative estimate of drug-likeness (QED) is 0.609. The summed E-state index contributed by atoms with van der Waals surface area (Å²) >= 11 is 0. The first kappa shape index (κ1) is 15.1. The van der Waals surface area contributed by atoms with Gasteiger partial charge in [0.2, 0.25) is 5.91 Å². The molecule has 0 saturated heterocycles. The summed E-state index contributed by atoms with van der Waals surface area (Å²) in [6, 6.07) is 4.44. The van der Waals surface area contributed by atoms with E-state index >= 15 is 0 Å². The van der Waals surface area contributed by atoms with Gasteiger partial charge in [-0.2, -0.15) is 0 Å². The van der Waals surface area contributed by atoms with Crippen LogP contribution in [0.4, 0.5) is 11.4 Å². The molecule has 0 spiro atoms. The van der Waals surface area contributed by atoms with Crippen LogP contribution in [0.3, 0.4) is 0 Å². The zero-order valence-electron chi connectivity index (χ0n) is 11.2. The van der Waals surface area contributed by atoms with Crippen molar-refractivity contribution in [1.82, 2.24) is 0 Å². The lowest BCUT2D eigenvalue weighted by atomic mass is 10.1. The topological polar surface area (TPSA) is 98.3 Å². The van der Waals surface area contributed by atoms with Crippen LogP contribution in [0.25, 0.3) is 0 Å². The van der Waals surface area contributed by atoms with Crippen molar-refractivity contribution >= 4 is 17.3 Å². The Labute approximate surface area is 112 Å². The largest absolute Gasteiger partial charge is 0.327 e. The number of nitro groups is 1. The predicted octanol–water partition coefficient (Wildman–Crippen LogP) is 2.36. The second-order valence-corrected chi connectivity index (χ2v) is 4.56. The summed E-state index contributed by atoms with van der Waals surface area (Å²) in [5, 5.41) is 13.4. The van der Waals surface area contributed by atoms with Gasteiger partial charge in [0, 0.05) is 29.8 Å². The molecule has 0 aliphatic rings. The van der Waals surface area contributed by atoms with E-state index in [-0.39, 0.29) is 24.1 Å². The SMILES string of the molecule is CCCC(N)CC(=O)Nc1ccc(C)c([N+](=O)[O-])c1. The number of nitrogens with zero attached hydrogens (tertiary/aromatic N) is 1. The number of hydrogen-bond acceptors (Lipinski definition) is 4. The molecule has 0 aromatic heterocycles. The van der Waals surface area contributed by atoms with Crippen molar-refractivity contribution in [3.05, 3.63) is 33.9 Å². The average molecular weight is 265 g/mol. The maximum atomic E-state index is 11.7. The van der Waals surface area contributed by atoms with Crippen molar-refractivity contribution in [3.63, 3.8) is 0 Å². The third kappa shape index (κ3) is 4.67. The molecule has 6 nitrogen and oxygen atoms in total. The number of carbonyl (C=O) groups is 1. The third-order valence-corrected chi connectivity index (χ3v) is 2.80. The Kier molecular flexibility index (Phi) is 5.44. The minimum atomic E-state index is -0.464. The van der Waals surface area contributed by atoms with Crippen molar-refractivity contribution in [2.45, 2.75) is 39.2 Å². The van der Waals surface area contributed by atoms with Gasteiger partial charge in [-0.15, -0.1) is 0 Å². The molecule has 104 valence electrons. The van der Waals surface area contributed by atoms with Gasteiger partial charge in [-0.05, 0) is 19.4 Å². The Morgan fingerprint density at radius 2 is 2.21 bits per heavy atom. The van der Waals surface area contributed by atoms with Crippen molar-refractivity contribution in [2.24, 2.45) is 5.73 Å². The maximum absolute atomic E-state index is 11.7. The molecule has 1 amide bonds. The fraction of sp³-hybridized carbons (Fsp3) is 0.462. The first-order chi connectivity index (χ1) is 8.93. The second kappa shape index (κ2) is 6.84. The van der Waals surface area contributed by atoms with E-state index < -0.39 is 4.92 Å². The lowest BCUT2D eigenvalue weighted by molar-refractivity contribution is -0.385. The zero-order chi connectivity index (χ0) is 14.4. The Balaban J connectivity index is 2.69. The number of anilines is 1. The minimum Gasteiger partial charge on any atom is -0.327 e. The summed E-state index contributed by atoms with van der Waals surface area (Å²) in [6.07, 6.45) is 1.92. The summed E-state index contributed by atoms with van der Waals surface area (Å²) in [5.74, 6) is -0.223. The van der Waals surface area contributed by atoms with Gasteiger partial charge in [-0.25, -0.2) is 0 Å². The summed E-state index contributed by atoms with van der Waals surface area (Å²) < 4.78 is 0. The fourth-order valence-electron chi connectivity index (χ4n) is 1.81. The molecular formula is C13H19N3O3. The highest BCUT2D eigenvalue weighted by molar-refractivity contribution is 5.91. The second-order valence-electron chi connectivity index (χ2n) is 4.56. The van der Waals surface area contributed by atoms with Crippen LogP contribution in [0, 0.1) is 17.0 Å². The van der Waals surface area contributed by atoms with Gasteiger partial charge in [0.05, 0.1) is 4.92 Å². The Morgan fingerprint density at radius 3 is 2.79 bits per heavy atom. The van der Waals surface area contributed by atoms with E-state index in [1.807, 2.05) is 6.92 Å². The average Bonchev–Trinajstić information content (AvgIpc) is 2.31. The van der Waals surface area contributed by atoms with Crippen LogP contribution in [-0.4, -0.2) is 16.9 Å². The fourth-order valence-corrected chi connectivity index (χ4v) is 1.81. The van der Waals surface area contributed by atoms with Crippen molar-refractivity contribution in [1.29, 1.82) is 0 Å². The molecule has 0 fully saturated rings. The number of nitrogens with one attached hydrogen (secondary N) is 1. The van der Waals surface area contributed by atoms with E-state index in [2.05, 4.69) is 5.32 Å². The predicted molar refractivity (Wildman–Crippen MR) is 74.0 cm³/mol. The molecule has 0 aliphatic heterocycles. The highest BCUT2D eigenvalue weighted by Crippen LogP contribution is 2.22. The van der Waals surface area contributed by atoms with E-state index in [0.717, 1.165) is 12.8 Å². The molecule has 0 heterocycles. The smallest absolute Gasteiger partial charge is 0.274 e. The standard InChI is InChI=1S/C13H19N3O3/c1-3-4-10(14)7-13(17)15-11-6-5-9(2)12(8-11)16(18)19/h5-6,8,10H,3-4,7,14H2,1-2H3,(H,15,17). The molecule has 0 bridgehead atoms. The molecule has 1 aromatic rings. The normalized spacial score (nSPS) is 11.9. The molecule has 6 heteroatoms. The first-order valence-corrected chi connectivity index (χ1v) is 6.24. The Morgan fingerprint density at radius 1 is 1.53 bits per heavy atom. The summed E-state index contributed by atoms with van der Waals surface area (Å²) in [6.45, 7) is 3.65. The number of amides is 1. The highest BCUT2D eigenvalue weighted by Gasteiger charge is 2.13. The molecular weight excluding hydrogens is 246 g/mol. The van der Waals surface area contributed by atoms with Crippen LogP contribution in [0.5, 0.6) is 0 Å². The van der Waals surface area contributed by atoms with Crippen LogP contribution in [0.15, 0.2) is 18.2 Å². The van der Waals surface area contributed by atoms with E-state index in [1.54, 1.807) is 19.1 Å². The van der Waals surface area contributed by atoms with Gasteiger partial charge >= 0.3 is 0 Å². The Bertz CT molecular complexity index is 474. The molecule has 1 rings (SSSR count). The summed E-state index contributed by atoms with van der Waals surface area (Å²) in [5.41, 5.74) is 6.75. The monoisotopic (exact) mass is 265 g/mol. The maximum Gasteiger partial charge on any atom is 0.274 e. The van der Waals surface area contributed by atoms with Crippen molar-refractivity contribution in [3.8, 4) is 0 Å². The number of aryl methyl sites for hydroxylation is 1. The molecule has 1 aromatic carbocycles. The first-order valence-electron chi connectivity index (χ1n) is 6.24. The highest BCUT2D eigenvalue weighted by atomic mass is 16.6. The lowest BCUT2D eigenvalue weighted by Crippen LogP contribution is -2.26. The van der Waals surface area contributed by atoms with Gasteiger partial charge in [-0.1, -0.05) is 19.4 Å². The van der Waals surface area contributed by atoms with Gasteiger partial charge in [0.1, 0.15) is 0 Å². The molecule has 0 radical (unpaired) electrons. The van der Waals surface area contributed by atoms with Crippen molar-refractivity contribution in [2.75, 3.05) is 5.32 Å². The van der Waals surface area contributed by atoms with E-state index in [1.165, 1.54) is 6.07 Å². The van der Waals surface area contributed by atoms with Crippen molar-refractivity contribution < 1.29 is 9.72 Å². The number of rotatable bonds is 6. The third-order valence-electron chi connectivity index (χ3n) is 2.80. The number of nitro benzene ring substituents is 1. The number of benzene rings is 1. The van der Waals surface area contributed by atoms with Gasteiger partial charge in [0.25, 0.3) is 5.69 Å². The molecule has 19 heavy (non-hydrogen) atoms. The van der Waals surface area contributed by atoms with Crippen LogP contribution in [0.1, 0.15) is 31.7 Å². The van der Waals surface area contributed by atoms with E-state index in [4.69, 9.17) is 5.73 Å². The minimum absolute atomic E-state index is 0.00402. The summed E-state index contributed by atoms with van der Waals surface area (Å²) in [4.78, 5) is 22.0. The Hall–Kier alpha value is -1.95. The van der Waals surface area contributed by atoms with Crippen LogP contribution in [0.2, 0.25) is 0 Å². The number of nitrogens with two attached hydrogens (primary N) is 1. The molecule has 1 unspecified atom stereocenters. The lowest BCUT2D eigenvalue weighted by Gasteiger charge is -2.10. The van der Waals surface area contributed by atoms with Gasteiger partial charge in [-0.3, -0.25) is 14.9 Å².